The lowest BCUT2D eigenvalue weighted by molar-refractivity contribution is 0.0478. The van der Waals surface area contributed by atoms with Gasteiger partial charge in [-0.15, -0.1) is 0 Å². The van der Waals surface area contributed by atoms with E-state index < -0.39 is 0 Å². The van der Waals surface area contributed by atoms with Crippen LogP contribution in [0.3, 0.4) is 0 Å². The van der Waals surface area contributed by atoms with Gasteiger partial charge in [0.25, 0.3) is 5.91 Å². The molecule has 3 nitrogen and oxygen atoms in total. The summed E-state index contributed by atoms with van der Waals surface area (Å²) in [4.78, 5) is 14.1. The maximum Gasteiger partial charge on any atom is 0.290 e. The number of nitrogens with zero attached hydrogens (tertiary/aromatic N) is 1. The zero-order chi connectivity index (χ0) is 10.8. The Morgan fingerprint density at radius 1 is 1.40 bits per heavy atom. The molecule has 3 heteroatoms. The van der Waals surface area contributed by atoms with Crippen LogP contribution in [0.2, 0.25) is 0 Å². The third-order valence-corrected chi connectivity index (χ3v) is 3.16. The standard InChI is InChI=1S/C12H17NO2/c1-9-5-3-6-10(2)13(9)12(14)11-7-4-8-15-11/h4,7-10H,3,5-6H2,1-2H3/t9-,10-/m1/s1. The van der Waals surface area contributed by atoms with Crippen molar-refractivity contribution >= 4 is 5.91 Å². The molecular weight excluding hydrogens is 190 g/mol. The molecule has 1 saturated heterocycles. The van der Waals surface area contributed by atoms with Crippen LogP contribution in [0.1, 0.15) is 43.7 Å². The van der Waals surface area contributed by atoms with Crippen LogP contribution in [0.5, 0.6) is 0 Å². The fourth-order valence-corrected chi connectivity index (χ4v) is 2.35. The second-order valence-electron chi connectivity index (χ2n) is 4.32. The predicted molar refractivity (Wildman–Crippen MR) is 57.7 cm³/mol. The van der Waals surface area contributed by atoms with Gasteiger partial charge >= 0.3 is 0 Å². The van der Waals surface area contributed by atoms with E-state index in [0.717, 1.165) is 12.8 Å². The summed E-state index contributed by atoms with van der Waals surface area (Å²) in [6.07, 6.45) is 4.95. The highest BCUT2D eigenvalue weighted by Crippen LogP contribution is 2.24. The highest BCUT2D eigenvalue weighted by Gasteiger charge is 2.30. The Morgan fingerprint density at radius 3 is 2.60 bits per heavy atom. The zero-order valence-corrected chi connectivity index (χ0v) is 9.27. The van der Waals surface area contributed by atoms with E-state index in [1.807, 2.05) is 4.90 Å². The monoisotopic (exact) mass is 207 g/mol. The Hall–Kier alpha value is -1.25. The number of hydrogen-bond acceptors (Lipinski definition) is 2. The minimum Gasteiger partial charge on any atom is -0.459 e. The fourth-order valence-electron chi connectivity index (χ4n) is 2.35. The van der Waals surface area contributed by atoms with E-state index in [0.29, 0.717) is 17.8 Å². The molecule has 0 N–H and O–H groups in total. The first-order chi connectivity index (χ1) is 7.20. The van der Waals surface area contributed by atoms with Crippen molar-refractivity contribution in [1.29, 1.82) is 0 Å². The Labute approximate surface area is 90.1 Å². The number of amides is 1. The van der Waals surface area contributed by atoms with Crippen LogP contribution in [-0.2, 0) is 0 Å². The van der Waals surface area contributed by atoms with Crippen LogP contribution < -0.4 is 0 Å². The van der Waals surface area contributed by atoms with Gasteiger partial charge in [0.1, 0.15) is 0 Å². The Kier molecular flexibility index (Phi) is 2.80. The Balaban J connectivity index is 2.17. The molecule has 1 amide bonds. The smallest absolute Gasteiger partial charge is 0.290 e. The van der Waals surface area contributed by atoms with Crippen LogP contribution in [0.25, 0.3) is 0 Å². The average Bonchev–Trinajstić information content (AvgIpc) is 2.69. The summed E-state index contributed by atoms with van der Waals surface area (Å²) in [5.41, 5.74) is 0. The van der Waals surface area contributed by atoms with Crippen molar-refractivity contribution in [3.05, 3.63) is 24.2 Å². The first-order valence-electron chi connectivity index (χ1n) is 5.56. The minimum absolute atomic E-state index is 0.0275. The second-order valence-corrected chi connectivity index (χ2v) is 4.32. The topological polar surface area (TPSA) is 33.5 Å². The van der Waals surface area contributed by atoms with Gasteiger partial charge in [-0.05, 0) is 45.2 Å². The maximum atomic E-state index is 12.1. The number of furan rings is 1. The van der Waals surface area contributed by atoms with Gasteiger partial charge in [-0.1, -0.05) is 0 Å². The molecule has 82 valence electrons. The SMILES string of the molecule is C[C@@H]1CCC[C@@H](C)N1C(=O)c1ccco1. The molecule has 1 aromatic heterocycles. The molecule has 1 aliphatic heterocycles. The van der Waals surface area contributed by atoms with Crippen molar-refractivity contribution in [3.63, 3.8) is 0 Å². The van der Waals surface area contributed by atoms with Gasteiger partial charge in [0.2, 0.25) is 0 Å². The van der Waals surface area contributed by atoms with Gasteiger partial charge in [0.05, 0.1) is 6.26 Å². The quantitative estimate of drug-likeness (QED) is 0.709. The molecule has 2 rings (SSSR count). The summed E-state index contributed by atoms with van der Waals surface area (Å²) in [5.74, 6) is 0.482. The van der Waals surface area contributed by atoms with Gasteiger partial charge in [0, 0.05) is 12.1 Å². The average molecular weight is 207 g/mol. The largest absolute Gasteiger partial charge is 0.459 e. The van der Waals surface area contributed by atoms with Gasteiger partial charge in [-0.3, -0.25) is 4.79 Å². The number of hydrogen-bond donors (Lipinski definition) is 0. The lowest BCUT2D eigenvalue weighted by atomic mass is 9.97. The van der Waals surface area contributed by atoms with E-state index in [1.54, 1.807) is 18.4 Å². The third kappa shape index (κ3) is 1.91. The molecule has 0 aliphatic carbocycles. The van der Waals surface area contributed by atoms with Gasteiger partial charge in [-0.2, -0.15) is 0 Å². The normalized spacial score (nSPS) is 26.7. The fraction of sp³-hybridized carbons (Fsp3) is 0.583. The van der Waals surface area contributed by atoms with E-state index in [2.05, 4.69) is 13.8 Å². The number of carbonyl (C=O) groups excluding carboxylic acids is 1. The number of rotatable bonds is 1. The van der Waals surface area contributed by atoms with Gasteiger partial charge in [0.15, 0.2) is 5.76 Å². The first-order valence-corrected chi connectivity index (χ1v) is 5.56. The molecule has 0 bridgehead atoms. The lowest BCUT2D eigenvalue weighted by Crippen LogP contribution is -2.47. The summed E-state index contributed by atoms with van der Waals surface area (Å²) in [7, 11) is 0. The van der Waals surface area contributed by atoms with Crippen LogP contribution in [0.4, 0.5) is 0 Å². The van der Waals surface area contributed by atoms with E-state index >= 15 is 0 Å². The summed E-state index contributed by atoms with van der Waals surface area (Å²) in [6, 6.07) is 4.14. The summed E-state index contributed by atoms with van der Waals surface area (Å²) < 4.78 is 5.15. The van der Waals surface area contributed by atoms with E-state index in [1.165, 1.54) is 6.42 Å². The molecule has 2 atom stereocenters. The summed E-state index contributed by atoms with van der Waals surface area (Å²) >= 11 is 0. The number of likely N-dealkylation sites (tertiary alicyclic amines) is 1. The molecule has 0 aromatic carbocycles. The Bertz CT molecular complexity index is 321. The molecule has 2 heterocycles. The maximum absolute atomic E-state index is 12.1. The molecule has 1 fully saturated rings. The van der Waals surface area contributed by atoms with Crippen molar-refractivity contribution in [2.24, 2.45) is 0 Å². The van der Waals surface area contributed by atoms with Crippen molar-refractivity contribution in [2.45, 2.75) is 45.2 Å². The second kappa shape index (κ2) is 4.09. The lowest BCUT2D eigenvalue weighted by Gasteiger charge is -2.38. The van der Waals surface area contributed by atoms with Crippen molar-refractivity contribution in [3.8, 4) is 0 Å². The number of carbonyl (C=O) groups is 1. The molecule has 0 spiro atoms. The summed E-state index contributed by atoms with van der Waals surface area (Å²) in [6.45, 7) is 4.22. The highest BCUT2D eigenvalue weighted by molar-refractivity contribution is 5.91. The Morgan fingerprint density at radius 2 is 2.07 bits per heavy atom. The third-order valence-electron chi connectivity index (χ3n) is 3.16. The molecule has 0 unspecified atom stereocenters. The zero-order valence-electron chi connectivity index (χ0n) is 9.27. The van der Waals surface area contributed by atoms with Crippen molar-refractivity contribution in [1.82, 2.24) is 4.90 Å². The van der Waals surface area contributed by atoms with E-state index in [9.17, 15) is 4.79 Å². The van der Waals surface area contributed by atoms with Crippen molar-refractivity contribution in [2.75, 3.05) is 0 Å². The van der Waals surface area contributed by atoms with Gasteiger partial charge < -0.3 is 9.32 Å². The summed E-state index contributed by atoms with van der Waals surface area (Å²) in [5, 5.41) is 0. The molecular formula is C12H17NO2. The molecule has 0 saturated carbocycles. The molecule has 1 aromatic rings. The van der Waals surface area contributed by atoms with E-state index in [4.69, 9.17) is 4.42 Å². The van der Waals surface area contributed by atoms with Crippen LogP contribution in [0.15, 0.2) is 22.8 Å². The highest BCUT2D eigenvalue weighted by atomic mass is 16.3. The van der Waals surface area contributed by atoms with Gasteiger partial charge in [-0.25, -0.2) is 0 Å². The minimum atomic E-state index is 0.0275. The predicted octanol–water partition coefficient (Wildman–Crippen LogP) is 2.68. The molecule has 0 radical (unpaired) electrons. The molecule has 1 aliphatic rings. The molecule has 15 heavy (non-hydrogen) atoms. The van der Waals surface area contributed by atoms with Crippen LogP contribution >= 0.6 is 0 Å². The van der Waals surface area contributed by atoms with E-state index in [-0.39, 0.29) is 5.91 Å². The van der Waals surface area contributed by atoms with Crippen LogP contribution in [-0.4, -0.2) is 22.9 Å². The van der Waals surface area contributed by atoms with Crippen LogP contribution in [0, 0.1) is 0 Å². The van der Waals surface area contributed by atoms with Crippen molar-refractivity contribution < 1.29 is 9.21 Å². The first kappa shape index (κ1) is 10.3. The number of piperidine rings is 1.